The molecule has 1 N–H and O–H groups in total. The lowest BCUT2D eigenvalue weighted by atomic mass is 10.1. The number of nitrogens with zero attached hydrogens (tertiary/aromatic N) is 1. The van der Waals surface area contributed by atoms with Crippen molar-refractivity contribution >= 4 is 21.6 Å². The van der Waals surface area contributed by atoms with E-state index in [-0.39, 0.29) is 29.6 Å². The van der Waals surface area contributed by atoms with Crippen molar-refractivity contribution in [3.8, 4) is 0 Å². The zero-order valence-corrected chi connectivity index (χ0v) is 12.9. The average Bonchev–Trinajstić information content (AvgIpc) is 2.40. The van der Waals surface area contributed by atoms with Gasteiger partial charge >= 0.3 is 0 Å². The molecule has 1 aromatic rings. The molecule has 0 aliphatic carbocycles. The van der Waals surface area contributed by atoms with Crippen molar-refractivity contribution in [2.75, 3.05) is 13.1 Å². The van der Waals surface area contributed by atoms with E-state index in [1.165, 1.54) is 22.5 Å². The van der Waals surface area contributed by atoms with Crippen LogP contribution >= 0.6 is 11.6 Å². The van der Waals surface area contributed by atoms with Crippen molar-refractivity contribution in [3.63, 3.8) is 0 Å². The molecule has 0 unspecified atom stereocenters. The molecule has 0 heterocycles. The zero-order chi connectivity index (χ0) is 15.3. The van der Waals surface area contributed by atoms with Gasteiger partial charge in [-0.15, -0.1) is 13.2 Å². The number of sulfonamides is 1. The molecule has 1 aromatic carbocycles. The van der Waals surface area contributed by atoms with E-state index in [1.807, 2.05) is 0 Å². The molecule has 0 amide bonds. The van der Waals surface area contributed by atoms with Crippen LogP contribution in [0.25, 0.3) is 0 Å². The van der Waals surface area contributed by atoms with Crippen molar-refractivity contribution in [1.29, 1.82) is 0 Å². The van der Waals surface area contributed by atoms with Crippen LogP contribution in [0.2, 0.25) is 5.02 Å². The monoisotopic (exact) mass is 315 g/mol. The Morgan fingerprint density at radius 3 is 2.30 bits per heavy atom. The lowest BCUT2D eigenvalue weighted by Crippen LogP contribution is -2.32. The summed E-state index contributed by atoms with van der Waals surface area (Å²) in [5, 5.41) is 9.55. The predicted molar refractivity (Wildman–Crippen MR) is 81.3 cm³/mol. The highest BCUT2D eigenvalue weighted by Gasteiger charge is 2.25. The molecule has 6 heteroatoms. The maximum atomic E-state index is 12.6. The number of halogens is 1. The Labute approximate surface area is 125 Å². The quantitative estimate of drug-likeness (QED) is 0.787. The summed E-state index contributed by atoms with van der Waals surface area (Å²) in [6.07, 6.45) is 3.02. The van der Waals surface area contributed by atoms with Gasteiger partial charge in [-0.1, -0.05) is 23.8 Å². The largest absolute Gasteiger partial charge is 0.392 e. The van der Waals surface area contributed by atoms with Gasteiger partial charge in [0.05, 0.1) is 11.5 Å². The van der Waals surface area contributed by atoms with Gasteiger partial charge in [0, 0.05) is 18.1 Å². The molecule has 20 heavy (non-hydrogen) atoms. The van der Waals surface area contributed by atoms with Crippen LogP contribution in [0.1, 0.15) is 11.1 Å². The molecular weight excluding hydrogens is 298 g/mol. The van der Waals surface area contributed by atoms with Gasteiger partial charge < -0.3 is 5.11 Å². The zero-order valence-electron chi connectivity index (χ0n) is 11.3. The van der Waals surface area contributed by atoms with E-state index in [0.29, 0.717) is 11.1 Å². The summed E-state index contributed by atoms with van der Waals surface area (Å²) in [5.74, 6) is 0. The second kappa shape index (κ2) is 7.04. The second-order valence-corrected chi connectivity index (χ2v) is 6.59. The van der Waals surface area contributed by atoms with Crippen molar-refractivity contribution in [1.82, 2.24) is 4.31 Å². The normalized spacial score (nSPS) is 11.6. The first-order chi connectivity index (χ1) is 9.38. The Hall–Kier alpha value is -1.14. The van der Waals surface area contributed by atoms with Crippen LogP contribution in [0, 0.1) is 6.92 Å². The molecular formula is C14H18ClNO3S. The van der Waals surface area contributed by atoms with Crippen LogP contribution in [0.4, 0.5) is 0 Å². The molecule has 0 aliphatic rings. The third kappa shape index (κ3) is 3.49. The second-order valence-electron chi connectivity index (χ2n) is 4.25. The molecule has 0 saturated heterocycles. The number of hydrogen-bond acceptors (Lipinski definition) is 3. The Bertz CT molecular complexity index is 601. The minimum atomic E-state index is -3.72. The Kier molecular flexibility index (Phi) is 5.95. The maximum Gasteiger partial charge on any atom is 0.243 e. The SMILES string of the molecule is C=CCN(CC=C)S(=O)(=O)c1cc(Cl)cc(CO)c1C. The summed E-state index contributed by atoms with van der Waals surface area (Å²) >= 11 is 5.93. The number of aliphatic hydroxyl groups is 1. The standard InChI is InChI=1S/C14H18ClNO3S/c1-4-6-16(7-5-2)20(18,19)14-9-13(15)8-12(10-17)11(14)3/h4-5,8-9,17H,1-2,6-7,10H2,3H3. The van der Waals surface area contributed by atoms with Crippen LogP contribution < -0.4 is 0 Å². The molecule has 4 nitrogen and oxygen atoms in total. The molecule has 0 saturated carbocycles. The molecule has 0 bridgehead atoms. The minimum absolute atomic E-state index is 0.0951. The van der Waals surface area contributed by atoms with Gasteiger partial charge in [0.15, 0.2) is 0 Å². The van der Waals surface area contributed by atoms with Crippen molar-refractivity contribution in [2.24, 2.45) is 0 Å². The van der Waals surface area contributed by atoms with E-state index in [1.54, 1.807) is 13.0 Å². The Morgan fingerprint density at radius 2 is 1.85 bits per heavy atom. The Morgan fingerprint density at radius 1 is 1.30 bits per heavy atom. The highest BCUT2D eigenvalue weighted by atomic mass is 35.5. The van der Waals surface area contributed by atoms with E-state index < -0.39 is 10.0 Å². The molecule has 0 aromatic heterocycles. The van der Waals surface area contributed by atoms with Crippen LogP contribution in [-0.2, 0) is 16.6 Å². The van der Waals surface area contributed by atoms with Crippen molar-refractivity contribution in [2.45, 2.75) is 18.4 Å². The molecule has 110 valence electrons. The third-order valence-electron chi connectivity index (χ3n) is 2.89. The van der Waals surface area contributed by atoms with E-state index in [2.05, 4.69) is 13.2 Å². The maximum absolute atomic E-state index is 12.6. The van der Waals surface area contributed by atoms with Gasteiger partial charge in [-0.2, -0.15) is 4.31 Å². The highest BCUT2D eigenvalue weighted by molar-refractivity contribution is 7.89. The number of aliphatic hydroxyl groups excluding tert-OH is 1. The first kappa shape index (κ1) is 16.9. The molecule has 0 aliphatic heterocycles. The van der Waals surface area contributed by atoms with Gasteiger partial charge in [-0.25, -0.2) is 8.42 Å². The highest BCUT2D eigenvalue weighted by Crippen LogP contribution is 2.27. The summed E-state index contributed by atoms with van der Waals surface area (Å²) < 4.78 is 26.5. The van der Waals surface area contributed by atoms with E-state index in [0.717, 1.165) is 0 Å². The number of rotatable bonds is 7. The lowest BCUT2D eigenvalue weighted by Gasteiger charge is -2.21. The Balaban J connectivity index is 3.43. The fraction of sp³-hybridized carbons (Fsp3) is 0.286. The summed E-state index contributed by atoms with van der Waals surface area (Å²) in [7, 11) is -3.72. The smallest absolute Gasteiger partial charge is 0.243 e. The predicted octanol–water partition coefficient (Wildman–Crippen LogP) is 2.50. The number of hydrogen-bond donors (Lipinski definition) is 1. The molecule has 0 fully saturated rings. The van der Waals surface area contributed by atoms with E-state index >= 15 is 0 Å². The van der Waals surface area contributed by atoms with Crippen molar-refractivity contribution < 1.29 is 13.5 Å². The van der Waals surface area contributed by atoms with Gasteiger partial charge in [-0.3, -0.25) is 0 Å². The van der Waals surface area contributed by atoms with E-state index in [4.69, 9.17) is 11.6 Å². The number of benzene rings is 1. The van der Waals surface area contributed by atoms with Gasteiger partial charge in [0.1, 0.15) is 0 Å². The fourth-order valence-corrected chi connectivity index (χ4v) is 3.82. The molecule has 0 spiro atoms. The summed E-state index contributed by atoms with van der Waals surface area (Å²) in [6, 6.07) is 2.95. The molecule has 1 rings (SSSR count). The van der Waals surface area contributed by atoms with Crippen LogP contribution in [-0.4, -0.2) is 30.9 Å². The topological polar surface area (TPSA) is 57.6 Å². The lowest BCUT2D eigenvalue weighted by molar-refractivity contribution is 0.280. The average molecular weight is 316 g/mol. The minimum Gasteiger partial charge on any atom is -0.392 e. The first-order valence-corrected chi connectivity index (χ1v) is 7.82. The van der Waals surface area contributed by atoms with E-state index in [9.17, 15) is 13.5 Å². The summed E-state index contributed by atoms with van der Waals surface area (Å²) in [4.78, 5) is 0.0951. The molecule has 0 radical (unpaired) electrons. The molecule has 0 atom stereocenters. The summed E-state index contributed by atoms with van der Waals surface area (Å²) in [5.41, 5.74) is 0.989. The van der Waals surface area contributed by atoms with Crippen LogP contribution in [0.5, 0.6) is 0 Å². The van der Waals surface area contributed by atoms with Crippen molar-refractivity contribution in [3.05, 3.63) is 53.6 Å². The van der Waals surface area contributed by atoms with Gasteiger partial charge in [-0.05, 0) is 30.2 Å². The van der Waals surface area contributed by atoms with Gasteiger partial charge in [0.2, 0.25) is 10.0 Å². The van der Waals surface area contributed by atoms with Crippen LogP contribution in [0.15, 0.2) is 42.3 Å². The van der Waals surface area contributed by atoms with Gasteiger partial charge in [0.25, 0.3) is 0 Å². The fourth-order valence-electron chi connectivity index (χ4n) is 1.84. The first-order valence-electron chi connectivity index (χ1n) is 6.00. The summed E-state index contributed by atoms with van der Waals surface area (Å²) in [6.45, 7) is 8.85. The third-order valence-corrected chi connectivity index (χ3v) is 5.06. The van der Waals surface area contributed by atoms with Crippen LogP contribution in [0.3, 0.4) is 0 Å².